The van der Waals surface area contributed by atoms with Crippen molar-refractivity contribution in [1.82, 2.24) is 15.1 Å². The predicted octanol–water partition coefficient (Wildman–Crippen LogP) is 13.7. The molecule has 1 fully saturated rings. The SMILES string of the molecule is CC(C)(C)OC(=O)N[C@@H](CSC(c1ccccc1)(c1ccccc1)c1ccccc1)CN1CCN(C(=O)c2cccc3ccccc23)C[C@@H]1CCSC(c1ccccc1)(c1ccccc1)c1ccccc1. The van der Waals surface area contributed by atoms with E-state index in [1.54, 1.807) is 0 Å². The first-order valence-corrected chi connectivity index (χ1v) is 26.7. The third-order valence-corrected chi connectivity index (χ3v) is 16.7. The Morgan fingerprint density at radius 2 is 0.972 bits per heavy atom. The van der Waals surface area contributed by atoms with Crippen LogP contribution < -0.4 is 5.32 Å². The van der Waals surface area contributed by atoms with E-state index >= 15 is 0 Å². The zero-order valence-corrected chi connectivity index (χ0v) is 42.5. The molecule has 1 saturated heterocycles. The van der Waals surface area contributed by atoms with Gasteiger partial charge in [-0.3, -0.25) is 9.69 Å². The molecule has 0 spiro atoms. The Hall–Kier alpha value is -6.58. The van der Waals surface area contributed by atoms with Crippen molar-refractivity contribution in [3.63, 3.8) is 0 Å². The van der Waals surface area contributed by atoms with E-state index in [1.165, 1.54) is 16.7 Å². The van der Waals surface area contributed by atoms with Gasteiger partial charge in [0.25, 0.3) is 5.91 Å². The summed E-state index contributed by atoms with van der Waals surface area (Å²) in [7, 11) is 0. The normalized spacial score (nSPS) is 15.0. The number of thioether (sulfide) groups is 2. The highest BCUT2D eigenvalue weighted by Crippen LogP contribution is 2.50. The fraction of sp³-hybridized carbons (Fsp3) is 0.238. The Labute approximate surface area is 428 Å². The Morgan fingerprint density at radius 1 is 0.549 bits per heavy atom. The van der Waals surface area contributed by atoms with Gasteiger partial charge >= 0.3 is 6.09 Å². The van der Waals surface area contributed by atoms with Gasteiger partial charge in [0.2, 0.25) is 0 Å². The molecular formula is C63H63N3O3S2. The van der Waals surface area contributed by atoms with Gasteiger partial charge in [0.05, 0.1) is 15.5 Å². The van der Waals surface area contributed by atoms with Gasteiger partial charge in [0, 0.05) is 43.5 Å². The lowest BCUT2D eigenvalue weighted by Crippen LogP contribution is -2.58. The first-order chi connectivity index (χ1) is 34.6. The molecule has 8 heteroatoms. The van der Waals surface area contributed by atoms with Crippen LogP contribution in [0.25, 0.3) is 10.8 Å². The summed E-state index contributed by atoms with van der Waals surface area (Å²) in [6, 6.07) is 78.5. The molecule has 8 aromatic rings. The Bertz CT molecular complexity index is 2760. The van der Waals surface area contributed by atoms with Crippen molar-refractivity contribution in [1.29, 1.82) is 0 Å². The summed E-state index contributed by atoms with van der Waals surface area (Å²) in [6.07, 6.45) is 0.357. The van der Waals surface area contributed by atoms with Gasteiger partial charge in [-0.05, 0) is 83.2 Å². The van der Waals surface area contributed by atoms with Gasteiger partial charge in [-0.25, -0.2) is 4.79 Å². The maximum Gasteiger partial charge on any atom is 0.407 e. The molecule has 1 aliphatic rings. The smallest absolute Gasteiger partial charge is 0.407 e. The molecule has 6 nitrogen and oxygen atoms in total. The largest absolute Gasteiger partial charge is 0.444 e. The van der Waals surface area contributed by atoms with Crippen molar-refractivity contribution in [3.05, 3.63) is 263 Å². The van der Waals surface area contributed by atoms with E-state index in [1.807, 2.05) is 74.6 Å². The van der Waals surface area contributed by atoms with Gasteiger partial charge < -0.3 is 15.0 Å². The average Bonchev–Trinajstić information content (AvgIpc) is 3.41. The minimum absolute atomic E-state index is 0.0229. The summed E-state index contributed by atoms with van der Waals surface area (Å²) in [6.45, 7) is 8.03. The number of amides is 2. The van der Waals surface area contributed by atoms with Crippen molar-refractivity contribution in [2.24, 2.45) is 0 Å². The number of nitrogens with zero attached hydrogens (tertiary/aromatic N) is 2. The zero-order valence-electron chi connectivity index (χ0n) is 40.9. The number of hydrogen-bond donors (Lipinski definition) is 1. The molecule has 2 atom stereocenters. The number of nitrogens with one attached hydrogen (secondary N) is 1. The first-order valence-electron chi connectivity index (χ1n) is 24.8. The van der Waals surface area contributed by atoms with E-state index in [0.29, 0.717) is 31.9 Å². The molecule has 0 bridgehead atoms. The molecule has 0 unspecified atom stereocenters. The summed E-state index contributed by atoms with van der Waals surface area (Å²) < 4.78 is 4.92. The molecule has 8 aromatic carbocycles. The molecule has 1 aliphatic heterocycles. The first kappa shape index (κ1) is 49.4. The number of fused-ring (bicyclic) bond motifs is 1. The summed E-state index contributed by atoms with van der Waals surface area (Å²) in [4.78, 5) is 33.4. The third kappa shape index (κ3) is 11.3. The number of carbonyl (C=O) groups excluding carboxylic acids is 2. The van der Waals surface area contributed by atoms with E-state index in [9.17, 15) is 9.59 Å². The highest BCUT2D eigenvalue weighted by Gasteiger charge is 2.41. The number of rotatable bonds is 17. The fourth-order valence-corrected chi connectivity index (χ4v) is 13.3. The summed E-state index contributed by atoms with van der Waals surface area (Å²) in [5, 5.41) is 5.40. The standard InChI is InChI=1S/C63H63N3O3S2/c1-61(2,3)69-60(68)64-55(47-71-63(52-33-16-7-17-34-52,53-35-18-8-19-36-53)54-37-20-9-21-38-54)45-65-42-43-66(59(67)58-40-24-26-48-25-22-23-39-57(48)58)46-56(65)41-44-70-62(49-27-10-4-11-28-49,50-29-12-5-13-30-50)51-31-14-6-15-32-51/h4-40,55-56H,41-47H2,1-3H3,(H,64,68)/t55-,56+/m1/s1. The second kappa shape index (κ2) is 22.7. The molecule has 0 radical (unpaired) electrons. The van der Waals surface area contributed by atoms with Crippen LogP contribution in [0, 0.1) is 0 Å². The Kier molecular flexibility index (Phi) is 15.8. The quantitative estimate of drug-likeness (QED) is 0.0918. The van der Waals surface area contributed by atoms with E-state index < -0.39 is 21.2 Å². The lowest BCUT2D eigenvalue weighted by Gasteiger charge is -2.44. The molecule has 0 saturated carbocycles. The van der Waals surface area contributed by atoms with Crippen LogP contribution in [-0.4, -0.2) is 77.2 Å². The molecule has 360 valence electrons. The van der Waals surface area contributed by atoms with Crippen LogP contribution in [0.2, 0.25) is 0 Å². The van der Waals surface area contributed by atoms with Crippen LogP contribution in [-0.2, 0) is 14.2 Å². The Balaban J connectivity index is 1.08. The van der Waals surface area contributed by atoms with Crippen molar-refractivity contribution in [3.8, 4) is 0 Å². The number of ether oxygens (including phenoxy) is 1. The number of benzene rings is 8. The molecule has 1 heterocycles. The van der Waals surface area contributed by atoms with E-state index in [-0.39, 0.29) is 18.0 Å². The average molecular weight is 974 g/mol. The number of carbonyl (C=O) groups is 2. The summed E-state index contributed by atoms with van der Waals surface area (Å²) in [5.41, 5.74) is 7.17. The van der Waals surface area contributed by atoms with Crippen LogP contribution in [0.4, 0.5) is 4.79 Å². The molecule has 0 aliphatic carbocycles. The van der Waals surface area contributed by atoms with E-state index in [0.717, 1.165) is 45.2 Å². The molecule has 0 aromatic heterocycles. The highest BCUT2D eigenvalue weighted by molar-refractivity contribution is 8.00. The lowest BCUT2D eigenvalue weighted by molar-refractivity contribution is 0.0399. The predicted molar refractivity (Wildman–Crippen MR) is 296 cm³/mol. The molecule has 1 N–H and O–H groups in total. The van der Waals surface area contributed by atoms with Crippen molar-refractivity contribution in [2.45, 2.75) is 54.4 Å². The summed E-state index contributed by atoms with van der Waals surface area (Å²) in [5.74, 6) is 1.42. The van der Waals surface area contributed by atoms with Crippen LogP contribution in [0.3, 0.4) is 0 Å². The van der Waals surface area contributed by atoms with Gasteiger partial charge in [0.1, 0.15) is 5.60 Å². The van der Waals surface area contributed by atoms with Gasteiger partial charge in [-0.15, -0.1) is 23.5 Å². The molecule has 2 amide bonds. The van der Waals surface area contributed by atoms with Crippen LogP contribution in [0.1, 0.15) is 70.9 Å². The maximum atomic E-state index is 14.8. The lowest BCUT2D eigenvalue weighted by atomic mass is 9.84. The fourth-order valence-electron chi connectivity index (χ4n) is 10.2. The van der Waals surface area contributed by atoms with Crippen LogP contribution >= 0.6 is 23.5 Å². The highest BCUT2D eigenvalue weighted by atomic mass is 32.2. The number of piperazine rings is 1. The van der Waals surface area contributed by atoms with E-state index in [4.69, 9.17) is 4.74 Å². The zero-order chi connectivity index (χ0) is 49.1. The molecule has 71 heavy (non-hydrogen) atoms. The topological polar surface area (TPSA) is 61.9 Å². The number of hydrogen-bond acceptors (Lipinski definition) is 6. The van der Waals surface area contributed by atoms with Crippen molar-refractivity contribution >= 4 is 46.3 Å². The van der Waals surface area contributed by atoms with Gasteiger partial charge in [0.15, 0.2) is 0 Å². The van der Waals surface area contributed by atoms with E-state index in [2.05, 4.69) is 209 Å². The van der Waals surface area contributed by atoms with Gasteiger partial charge in [-0.2, -0.15) is 0 Å². The molecule has 9 rings (SSSR count). The van der Waals surface area contributed by atoms with Crippen LogP contribution in [0.15, 0.2) is 224 Å². The maximum absolute atomic E-state index is 14.8. The van der Waals surface area contributed by atoms with Crippen molar-refractivity contribution < 1.29 is 14.3 Å². The molecular weight excluding hydrogens is 911 g/mol. The number of alkyl carbamates (subject to hydrolysis) is 1. The second-order valence-electron chi connectivity index (χ2n) is 19.3. The Morgan fingerprint density at radius 3 is 1.44 bits per heavy atom. The third-order valence-electron chi connectivity index (χ3n) is 13.4. The van der Waals surface area contributed by atoms with Gasteiger partial charge in [-0.1, -0.05) is 218 Å². The monoisotopic (exact) mass is 973 g/mol. The summed E-state index contributed by atoms with van der Waals surface area (Å²) >= 11 is 3.79. The minimum atomic E-state index is -0.681. The second-order valence-corrected chi connectivity index (χ2v) is 21.8. The van der Waals surface area contributed by atoms with Crippen LogP contribution in [0.5, 0.6) is 0 Å². The van der Waals surface area contributed by atoms with Crippen molar-refractivity contribution in [2.75, 3.05) is 37.7 Å². The minimum Gasteiger partial charge on any atom is -0.444 e.